The summed E-state index contributed by atoms with van der Waals surface area (Å²) in [5.41, 5.74) is 7.74. The van der Waals surface area contributed by atoms with Gasteiger partial charge in [-0.1, -0.05) is 24.3 Å². The van der Waals surface area contributed by atoms with Crippen LogP contribution in [0.3, 0.4) is 0 Å². The molecular formula is C13H19NOS. The van der Waals surface area contributed by atoms with Crippen molar-refractivity contribution in [1.29, 1.82) is 0 Å². The second-order valence-corrected chi connectivity index (χ2v) is 5.57. The first-order valence-electron chi connectivity index (χ1n) is 5.86. The Balaban J connectivity index is 2.09. The molecule has 1 aliphatic rings. The van der Waals surface area contributed by atoms with E-state index in [9.17, 15) is 5.11 Å². The highest BCUT2D eigenvalue weighted by molar-refractivity contribution is 7.99. The van der Waals surface area contributed by atoms with E-state index in [0.29, 0.717) is 12.5 Å². The van der Waals surface area contributed by atoms with Crippen LogP contribution in [0.4, 0.5) is 0 Å². The Labute approximate surface area is 101 Å². The SMILES string of the molecule is NCc1cccc(C(O)C2CCSCC2)c1. The van der Waals surface area contributed by atoms with Crippen molar-refractivity contribution in [2.45, 2.75) is 25.5 Å². The molecule has 1 saturated heterocycles. The largest absolute Gasteiger partial charge is 0.388 e. The van der Waals surface area contributed by atoms with Gasteiger partial charge in [0.15, 0.2) is 0 Å². The summed E-state index contributed by atoms with van der Waals surface area (Å²) in [7, 11) is 0. The number of hydrogen-bond donors (Lipinski definition) is 2. The molecule has 0 saturated carbocycles. The lowest BCUT2D eigenvalue weighted by molar-refractivity contribution is 0.103. The highest BCUT2D eigenvalue weighted by Crippen LogP contribution is 2.33. The quantitative estimate of drug-likeness (QED) is 0.848. The molecule has 3 N–H and O–H groups in total. The van der Waals surface area contributed by atoms with E-state index in [2.05, 4.69) is 0 Å². The maximum atomic E-state index is 10.3. The molecule has 2 rings (SSSR count). The molecule has 1 aliphatic heterocycles. The van der Waals surface area contributed by atoms with Crippen LogP contribution >= 0.6 is 11.8 Å². The van der Waals surface area contributed by atoms with Gasteiger partial charge < -0.3 is 10.8 Å². The van der Waals surface area contributed by atoms with Gasteiger partial charge >= 0.3 is 0 Å². The summed E-state index contributed by atoms with van der Waals surface area (Å²) in [6.45, 7) is 0.543. The molecule has 0 radical (unpaired) electrons. The molecule has 1 atom stereocenters. The third-order valence-corrected chi connectivity index (χ3v) is 4.29. The Bertz CT molecular complexity index is 336. The lowest BCUT2D eigenvalue weighted by Gasteiger charge is -2.26. The van der Waals surface area contributed by atoms with E-state index in [-0.39, 0.29) is 6.10 Å². The lowest BCUT2D eigenvalue weighted by atomic mass is 9.90. The number of thioether (sulfide) groups is 1. The first-order valence-corrected chi connectivity index (χ1v) is 7.01. The zero-order valence-electron chi connectivity index (χ0n) is 9.43. The minimum Gasteiger partial charge on any atom is -0.388 e. The number of rotatable bonds is 3. The maximum Gasteiger partial charge on any atom is 0.0818 e. The molecule has 88 valence electrons. The van der Waals surface area contributed by atoms with Gasteiger partial charge in [0.05, 0.1) is 6.10 Å². The molecule has 0 aliphatic carbocycles. The molecule has 1 fully saturated rings. The van der Waals surface area contributed by atoms with Gasteiger partial charge in [-0.05, 0) is 41.4 Å². The van der Waals surface area contributed by atoms with E-state index in [1.54, 1.807) is 0 Å². The Morgan fingerprint density at radius 3 is 2.81 bits per heavy atom. The number of benzene rings is 1. The molecule has 0 aromatic heterocycles. The van der Waals surface area contributed by atoms with Crippen molar-refractivity contribution >= 4 is 11.8 Å². The van der Waals surface area contributed by atoms with Crippen LogP contribution in [0.15, 0.2) is 24.3 Å². The number of aliphatic hydroxyl groups excluding tert-OH is 1. The smallest absolute Gasteiger partial charge is 0.0818 e. The van der Waals surface area contributed by atoms with Crippen LogP contribution in [0.25, 0.3) is 0 Å². The average Bonchev–Trinajstić information content (AvgIpc) is 2.39. The predicted octanol–water partition coefficient (Wildman–Crippen LogP) is 2.32. The molecule has 2 nitrogen and oxygen atoms in total. The Morgan fingerprint density at radius 2 is 2.12 bits per heavy atom. The molecule has 16 heavy (non-hydrogen) atoms. The highest BCUT2D eigenvalue weighted by Gasteiger charge is 2.23. The van der Waals surface area contributed by atoms with E-state index in [1.165, 1.54) is 11.5 Å². The fourth-order valence-corrected chi connectivity index (χ4v) is 3.35. The van der Waals surface area contributed by atoms with Crippen LogP contribution in [0.2, 0.25) is 0 Å². The van der Waals surface area contributed by atoms with Crippen molar-refractivity contribution in [2.24, 2.45) is 11.7 Å². The van der Waals surface area contributed by atoms with Crippen molar-refractivity contribution in [2.75, 3.05) is 11.5 Å². The van der Waals surface area contributed by atoms with Gasteiger partial charge in [-0.3, -0.25) is 0 Å². The Kier molecular flexibility index (Phi) is 4.27. The first kappa shape index (κ1) is 12.0. The van der Waals surface area contributed by atoms with Crippen molar-refractivity contribution in [3.63, 3.8) is 0 Å². The predicted molar refractivity (Wildman–Crippen MR) is 69.3 cm³/mol. The first-order chi connectivity index (χ1) is 7.81. The normalized spacial score (nSPS) is 19.6. The van der Waals surface area contributed by atoms with Gasteiger partial charge in [0.25, 0.3) is 0 Å². The number of hydrogen-bond acceptors (Lipinski definition) is 3. The van der Waals surface area contributed by atoms with Crippen molar-refractivity contribution in [3.05, 3.63) is 35.4 Å². The van der Waals surface area contributed by atoms with Crippen LogP contribution in [0, 0.1) is 5.92 Å². The van der Waals surface area contributed by atoms with E-state index < -0.39 is 0 Å². The number of aliphatic hydroxyl groups is 1. The van der Waals surface area contributed by atoms with Crippen LogP contribution in [-0.4, -0.2) is 16.6 Å². The van der Waals surface area contributed by atoms with Gasteiger partial charge in [-0.2, -0.15) is 11.8 Å². The van der Waals surface area contributed by atoms with Gasteiger partial charge in [-0.25, -0.2) is 0 Å². The second-order valence-electron chi connectivity index (χ2n) is 4.34. The number of nitrogens with two attached hydrogens (primary N) is 1. The zero-order valence-corrected chi connectivity index (χ0v) is 10.2. The molecule has 1 aromatic carbocycles. The van der Waals surface area contributed by atoms with Crippen molar-refractivity contribution < 1.29 is 5.11 Å². The lowest BCUT2D eigenvalue weighted by Crippen LogP contribution is -2.18. The van der Waals surface area contributed by atoms with Gasteiger partial charge in [0.2, 0.25) is 0 Å². The summed E-state index contributed by atoms with van der Waals surface area (Å²) in [4.78, 5) is 0. The molecule has 0 bridgehead atoms. The minimum atomic E-state index is -0.313. The molecule has 1 heterocycles. The minimum absolute atomic E-state index is 0.313. The van der Waals surface area contributed by atoms with Crippen molar-refractivity contribution in [1.82, 2.24) is 0 Å². The second kappa shape index (κ2) is 5.71. The topological polar surface area (TPSA) is 46.2 Å². The fraction of sp³-hybridized carbons (Fsp3) is 0.538. The molecule has 3 heteroatoms. The standard InChI is InChI=1S/C13H19NOS/c14-9-10-2-1-3-12(8-10)13(15)11-4-6-16-7-5-11/h1-3,8,11,13,15H,4-7,9,14H2. The van der Waals surface area contributed by atoms with Gasteiger partial charge in [0, 0.05) is 6.54 Å². The van der Waals surface area contributed by atoms with E-state index in [0.717, 1.165) is 24.0 Å². The molecule has 0 amide bonds. The summed E-state index contributed by atoms with van der Waals surface area (Å²) in [6, 6.07) is 8.03. The Morgan fingerprint density at radius 1 is 1.38 bits per heavy atom. The molecule has 1 aromatic rings. The summed E-state index contributed by atoms with van der Waals surface area (Å²) in [6.07, 6.45) is 1.93. The third-order valence-electron chi connectivity index (χ3n) is 3.24. The van der Waals surface area contributed by atoms with Gasteiger partial charge in [-0.15, -0.1) is 0 Å². The summed E-state index contributed by atoms with van der Waals surface area (Å²) < 4.78 is 0. The van der Waals surface area contributed by atoms with Gasteiger partial charge in [0.1, 0.15) is 0 Å². The van der Waals surface area contributed by atoms with Crippen LogP contribution in [-0.2, 0) is 6.54 Å². The fourth-order valence-electron chi connectivity index (χ4n) is 2.21. The van der Waals surface area contributed by atoms with Crippen molar-refractivity contribution in [3.8, 4) is 0 Å². The Hall–Kier alpha value is -0.510. The highest BCUT2D eigenvalue weighted by atomic mass is 32.2. The zero-order chi connectivity index (χ0) is 11.4. The van der Waals surface area contributed by atoms with E-state index in [4.69, 9.17) is 5.73 Å². The van der Waals surface area contributed by atoms with E-state index in [1.807, 2.05) is 36.0 Å². The van der Waals surface area contributed by atoms with Crippen LogP contribution in [0.5, 0.6) is 0 Å². The third kappa shape index (κ3) is 2.78. The molecule has 1 unspecified atom stereocenters. The maximum absolute atomic E-state index is 10.3. The molecular weight excluding hydrogens is 218 g/mol. The van der Waals surface area contributed by atoms with Crippen LogP contribution < -0.4 is 5.73 Å². The summed E-state index contributed by atoms with van der Waals surface area (Å²) in [5.74, 6) is 2.78. The van der Waals surface area contributed by atoms with E-state index >= 15 is 0 Å². The van der Waals surface area contributed by atoms with Crippen LogP contribution in [0.1, 0.15) is 30.1 Å². The average molecular weight is 237 g/mol. The summed E-state index contributed by atoms with van der Waals surface area (Å²) in [5, 5.41) is 10.3. The monoisotopic (exact) mass is 237 g/mol. The summed E-state index contributed by atoms with van der Waals surface area (Å²) >= 11 is 1.99. The molecule has 0 spiro atoms.